The van der Waals surface area contributed by atoms with Crippen LogP contribution in [0.2, 0.25) is 0 Å². The number of hydrogen-bond donors (Lipinski definition) is 3. The first-order chi connectivity index (χ1) is 17.1. The smallest absolute Gasteiger partial charge is 0.142 e. The molecule has 35 heavy (non-hydrogen) atoms. The van der Waals surface area contributed by atoms with Crippen molar-refractivity contribution in [3.63, 3.8) is 0 Å². The molecule has 0 saturated carbocycles. The molecule has 0 fully saturated rings. The van der Waals surface area contributed by atoms with Crippen LogP contribution < -0.4 is 15.4 Å². The monoisotopic (exact) mass is 474 g/mol. The summed E-state index contributed by atoms with van der Waals surface area (Å²) >= 11 is 0. The van der Waals surface area contributed by atoms with E-state index < -0.39 is 0 Å². The van der Waals surface area contributed by atoms with E-state index in [1.54, 1.807) is 0 Å². The molecule has 1 aliphatic rings. The number of anilines is 2. The normalized spacial score (nSPS) is 15.6. The second-order valence-corrected chi connectivity index (χ2v) is 8.90. The molecule has 2 aromatic carbocycles. The number of nitrogens with zero attached hydrogens (tertiary/aromatic N) is 1. The number of H-pyrrole nitrogens is 1. The minimum absolute atomic E-state index is 0. The lowest BCUT2D eigenvalue weighted by Crippen LogP contribution is -2.18. The fourth-order valence-corrected chi connectivity index (χ4v) is 4.39. The number of hydrogen-bond acceptors (Lipinski definition) is 4. The number of fused-ring (bicyclic) bond motifs is 2. The Labute approximate surface area is 213 Å². The summed E-state index contributed by atoms with van der Waals surface area (Å²) < 4.78 is 5.73. The van der Waals surface area contributed by atoms with Crippen molar-refractivity contribution in [2.24, 2.45) is 10.9 Å². The second-order valence-electron chi connectivity index (χ2n) is 8.90. The van der Waals surface area contributed by atoms with Gasteiger partial charge in [0, 0.05) is 34.4 Å². The van der Waals surface area contributed by atoms with Gasteiger partial charge in [-0.1, -0.05) is 44.2 Å². The average molecular weight is 475 g/mol. The van der Waals surface area contributed by atoms with E-state index in [1.165, 1.54) is 22.0 Å². The minimum atomic E-state index is 0. The Balaban J connectivity index is 0.00000241. The average Bonchev–Trinajstić information content (AvgIpc) is 3.35. The predicted octanol–water partition coefficient (Wildman–Crippen LogP) is 8.52. The highest BCUT2D eigenvalue weighted by Gasteiger charge is 2.14. The number of rotatable bonds is 9. The third-order valence-electron chi connectivity index (χ3n) is 6.34. The van der Waals surface area contributed by atoms with Crippen LogP contribution in [0.25, 0.3) is 16.5 Å². The first kappa shape index (κ1) is 24.4. The maximum Gasteiger partial charge on any atom is 0.142 e. The summed E-state index contributed by atoms with van der Waals surface area (Å²) in [5.74, 6) is 1.25. The Morgan fingerprint density at radius 1 is 1.23 bits per heavy atom. The molecule has 0 radical (unpaired) electrons. The van der Waals surface area contributed by atoms with E-state index in [4.69, 9.17) is 4.74 Å². The summed E-state index contributed by atoms with van der Waals surface area (Å²) in [6.07, 6.45) is 12.3. The van der Waals surface area contributed by atoms with Gasteiger partial charge in [-0.2, -0.15) is 0 Å². The Kier molecular flexibility index (Phi) is 8.09. The number of allylic oxidation sites excluding steroid dienone is 5. The molecule has 188 valence electrons. The summed E-state index contributed by atoms with van der Waals surface area (Å²) in [7, 11) is 0. The zero-order chi connectivity index (χ0) is 24.6. The van der Waals surface area contributed by atoms with Crippen molar-refractivity contribution in [2.45, 2.75) is 40.5 Å². The zero-order valence-corrected chi connectivity index (χ0v) is 21.2. The lowest BCUT2D eigenvalue weighted by atomic mass is 9.90. The predicted molar refractivity (Wildman–Crippen MR) is 157 cm³/mol. The maximum absolute atomic E-state index is 5.73. The molecule has 0 spiro atoms. The molecule has 0 amide bonds. The lowest BCUT2D eigenvalue weighted by Gasteiger charge is -2.21. The SMILES string of the molecule is C/C=C(/c1ccc2cc[nH]c2c1)C(C)C/C=C(Nc1ccc2c(c1)NCCO2)/C(C)=N\C=C/CC.[HH].[HH].[HH]. The summed E-state index contributed by atoms with van der Waals surface area (Å²) in [6.45, 7) is 10.1. The van der Waals surface area contributed by atoms with Crippen molar-refractivity contribution in [2.75, 3.05) is 23.8 Å². The topological polar surface area (TPSA) is 61.4 Å². The highest BCUT2D eigenvalue weighted by molar-refractivity contribution is 6.01. The van der Waals surface area contributed by atoms with Crippen LogP contribution in [0.1, 0.15) is 50.4 Å². The van der Waals surface area contributed by atoms with Gasteiger partial charge in [0.05, 0.1) is 17.1 Å². The van der Waals surface area contributed by atoms with Crippen LogP contribution in [0.15, 0.2) is 83.8 Å². The van der Waals surface area contributed by atoms with Crippen molar-refractivity contribution in [3.8, 4) is 5.75 Å². The van der Waals surface area contributed by atoms with E-state index in [9.17, 15) is 0 Å². The molecular weight excluding hydrogens is 432 g/mol. The molecule has 1 aromatic heterocycles. The quantitative estimate of drug-likeness (QED) is 0.272. The van der Waals surface area contributed by atoms with E-state index in [-0.39, 0.29) is 4.28 Å². The molecule has 1 atom stereocenters. The Morgan fingerprint density at radius 3 is 2.94 bits per heavy atom. The van der Waals surface area contributed by atoms with Crippen molar-refractivity contribution in [1.29, 1.82) is 0 Å². The molecular formula is C30H42N4O. The van der Waals surface area contributed by atoms with Crippen molar-refractivity contribution in [3.05, 3.63) is 84.3 Å². The number of benzene rings is 2. The highest BCUT2D eigenvalue weighted by Crippen LogP contribution is 2.32. The number of nitrogens with one attached hydrogen (secondary N) is 3. The minimum Gasteiger partial charge on any atom is -0.490 e. The molecule has 3 N–H and O–H groups in total. The zero-order valence-electron chi connectivity index (χ0n) is 21.2. The van der Waals surface area contributed by atoms with Crippen molar-refractivity contribution in [1.82, 2.24) is 4.98 Å². The van der Waals surface area contributed by atoms with E-state index in [2.05, 4.69) is 103 Å². The Morgan fingerprint density at radius 2 is 2.11 bits per heavy atom. The molecule has 4 rings (SSSR count). The van der Waals surface area contributed by atoms with E-state index in [0.29, 0.717) is 12.5 Å². The van der Waals surface area contributed by atoms with Gasteiger partial charge in [0.25, 0.3) is 0 Å². The van der Waals surface area contributed by atoms with Crippen LogP contribution in [0.3, 0.4) is 0 Å². The van der Waals surface area contributed by atoms with Gasteiger partial charge >= 0.3 is 0 Å². The maximum atomic E-state index is 5.73. The summed E-state index contributed by atoms with van der Waals surface area (Å²) in [6, 6.07) is 14.9. The van der Waals surface area contributed by atoms with Gasteiger partial charge in [0.2, 0.25) is 0 Å². The van der Waals surface area contributed by atoms with Crippen molar-refractivity contribution < 1.29 is 9.02 Å². The van der Waals surface area contributed by atoms with Gasteiger partial charge in [-0.25, -0.2) is 0 Å². The third-order valence-corrected chi connectivity index (χ3v) is 6.34. The molecule has 5 heteroatoms. The summed E-state index contributed by atoms with van der Waals surface area (Å²) in [5.41, 5.74) is 7.77. The molecule has 0 aliphatic carbocycles. The first-order valence-electron chi connectivity index (χ1n) is 12.5. The fourth-order valence-electron chi connectivity index (χ4n) is 4.39. The van der Waals surface area contributed by atoms with Crippen LogP contribution >= 0.6 is 0 Å². The molecule has 1 aliphatic heterocycles. The number of aromatic nitrogens is 1. The van der Waals surface area contributed by atoms with Crippen LogP contribution in [0, 0.1) is 5.92 Å². The molecule has 3 aromatic rings. The van der Waals surface area contributed by atoms with Crippen LogP contribution in [-0.2, 0) is 0 Å². The van der Waals surface area contributed by atoms with Gasteiger partial charge in [-0.05, 0) is 79.5 Å². The fraction of sp³-hybridized carbons (Fsp3) is 0.300. The summed E-state index contributed by atoms with van der Waals surface area (Å²) in [4.78, 5) is 8.00. The van der Waals surface area contributed by atoms with E-state index in [0.717, 1.165) is 47.9 Å². The molecule has 2 heterocycles. The van der Waals surface area contributed by atoms with Crippen LogP contribution in [-0.4, -0.2) is 23.8 Å². The van der Waals surface area contributed by atoms with Gasteiger partial charge in [-0.3, -0.25) is 4.99 Å². The molecule has 1 unspecified atom stereocenters. The van der Waals surface area contributed by atoms with E-state index in [1.807, 2.05) is 18.5 Å². The number of aromatic amines is 1. The third kappa shape index (κ3) is 6.04. The first-order valence-corrected chi connectivity index (χ1v) is 12.5. The summed E-state index contributed by atoms with van der Waals surface area (Å²) in [5, 5.41) is 8.25. The Hall–Kier alpha value is -3.73. The van der Waals surface area contributed by atoms with Gasteiger partial charge in [0.1, 0.15) is 12.4 Å². The lowest BCUT2D eigenvalue weighted by molar-refractivity contribution is 0.323. The van der Waals surface area contributed by atoms with Gasteiger partial charge in [0.15, 0.2) is 0 Å². The second kappa shape index (κ2) is 11.6. The van der Waals surface area contributed by atoms with Gasteiger partial charge in [-0.15, -0.1) is 0 Å². The van der Waals surface area contributed by atoms with Crippen LogP contribution in [0.4, 0.5) is 11.4 Å². The largest absolute Gasteiger partial charge is 0.490 e. The van der Waals surface area contributed by atoms with Crippen LogP contribution in [0.5, 0.6) is 5.75 Å². The van der Waals surface area contributed by atoms with E-state index >= 15 is 0 Å². The van der Waals surface area contributed by atoms with Gasteiger partial charge < -0.3 is 20.4 Å². The molecule has 0 saturated heterocycles. The molecule has 5 nitrogen and oxygen atoms in total. The standard InChI is InChI=1S/C30H36N4O.3H2/c1-5-7-15-31-22(4)27(34-25-11-13-30-29(20-25)33-17-18-35-30)12-8-21(3)26(6-2)24-10-9-23-14-16-32-28(23)19-24;;;/h6-7,9-16,19-21,32-34H,5,8,17-18H2,1-4H3;3*1H/b15-7-,26-6+,27-12-,31-22-;;;. The number of aliphatic imine (C=N–C) groups is 1. The Bertz CT molecular complexity index is 1290. The number of ether oxygens (including phenoxy) is 1. The molecule has 0 bridgehead atoms. The highest BCUT2D eigenvalue weighted by atomic mass is 16.5. The van der Waals surface area contributed by atoms with Crippen molar-refractivity contribution >= 4 is 33.6 Å².